The van der Waals surface area contributed by atoms with E-state index in [0.29, 0.717) is 21.7 Å². The van der Waals surface area contributed by atoms with Gasteiger partial charge < -0.3 is 15.4 Å². The fourth-order valence-electron chi connectivity index (χ4n) is 3.40. The van der Waals surface area contributed by atoms with Crippen LogP contribution < -0.4 is 16.1 Å². The zero-order valence-corrected chi connectivity index (χ0v) is 21.9. The van der Waals surface area contributed by atoms with Gasteiger partial charge in [0.2, 0.25) is 11.8 Å². The number of alkyl carbamates (subject to hydrolysis) is 1. The highest BCUT2D eigenvalue weighted by Crippen LogP contribution is 2.30. The molecular weight excluding hydrogens is 522 g/mol. The molecule has 11 nitrogen and oxygen atoms in total. The molecule has 0 saturated heterocycles. The number of nitrogens with zero attached hydrogens (tertiary/aromatic N) is 2. The number of benzene rings is 3. The Morgan fingerprint density at radius 2 is 1.72 bits per heavy atom. The monoisotopic (exact) mass is 549 g/mol. The van der Waals surface area contributed by atoms with Gasteiger partial charge in [0, 0.05) is 17.3 Å². The third kappa shape index (κ3) is 9.59. The third-order valence-corrected chi connectivity index (χ3v) is 6.22. The molecule has 3 N–H and O–H groups in total. The number of carbonyl (C=O) groups is 3. The topological polar surface area (TPSA) is 152 Å². The van der Waals surface area contributed by atoms with E-state index in [0.717, 1.165) is 11.8 Å². The van der Waals surface area contributed by atoms with E-state index in [4.69, 9.17) is 4.74 Å². The van der Waals surface area contributed by atoms with Crippen molar-refractivity contribution in [2.24, 2.45) is 5.10 Å². The van der Waals surface area contributed by atoms with Gasteiger partial charge in [-0.2, -0.15) is 5.10 Å². The Hall–Kier alpha value is -4.71. The first kappa shape index (κ1) is 28.9. The van der Waals surface area contributed by atoms with Crippen molar-refractivity contribution < 1.29 is 24.0 Å². The molecule has 1 atom stereocenters. The zero-order chi connectivity index (χ0) is 28.0. The number of nitro groups is 1. The molecule has 3 aromatic carbocycles. The number of ether oxygens (including phenoxy) is 1. The fourth-order valence-corrected chi connectivity index (χ4v) is 4.21. The van der Waals surface area contributed by atoms with Crippen LogP contribution in [0.3, 0.4) is 0 Å². The van der Waals surface area contributed by atoms with Crippen LogP contribution in [0.2, 0.25) is 0 Å². The van der Waals surface area contributed by atoms with Crippen LogP contribution in [-0.4, -0.2) is 41.4 Å². The number of anilines is 1. The molecule has 0 aliphatic rings. The van der Waals surface area contributed by atoms with Gasteiger partial charge in [0.05, 0.1) is 40.9 Å². The molecule has 0 unspecified atom stereocenters. The van der Waals surface area contributed by atoms with Crippen molar-refractivity contribution in [3.05, 3.63) is 100 Å². The van der Waals surface area contributed by atoms with Gasteiger partial charge in [-0.25, -0.2) is 10.2 Å². The highest BCUT2D eigenvalue weighted by molar-refractivity contribution is 8.00. The van der Waals surface area contributed by atoms with Crippen molar-refractivity contribution in [1.29, 1.82) is 0 Å². The normalized spacial score (nSPS) is 11.4. The lowest BCUT2D eigenvalue weighted by Gasteiger charge is -2.18. The van der Waals surface area contributed by atoms with Gasteiger partial charge in [-0.15, -0.1) is 11.8 Å². The smallest absolute Gasteiger partial charge is 0.407 e. The summed E-state index contributed by atoms with van der Waals surface area (Å²) in [6.07, 6.45) is 0.518. The van der Waals surface area contributed by atoms with Crippen molar-refractivity contribution in [1.82, 2.24) is 10.7 Å². The van der Waals surface area contributed by atoms with Crippen LogP contribution in [0.25, 0.3) is 0 Å². The maximum atomic E-state index is 12.5. The Kier molecular flexibility index (Phi) is 11.0. The molecule has 0 radical (unpaired) electrons. The lowest BCUT2D eigenvalue weighted by atomic mass is 10.0. The summed E-state index contributed by atoms with van der Waals surface area (Å²) in [6.45, 7) is 1.87. The molecule has 0 spiro atoms. The molecule has 0 bridgehead atoms. The average molecular weight is 550 g/mol. The molecule has 0 fully saturated rings. The molecule has 3 rings (SSSR count). The van der Waals surface area contributed by atoms with Crippen LogP contribution in [0.1, 0.15) is 30.5 Å². The quantitative estimate of drug-likeness (QED) is 0.129. The number of hydrogen-bond donors (Lipinski definition) is 3. The predicted octanol–water partition coefficient (Wildman–Crippen LogP) is 4.65. The largest absolute Gasteiger partial charge is 0.450 e. The summed E-state index contributed by atoms with van der Waals surface area (Å²) in [6, 6.07) is 21.6. The minimum atomic E-state index is -0.648. The summed E-state index contributed by atoms with van der Waals surface area (Å²) < 4.78 is 4.92. The maximum Gasteiger partial charge on any atom is 0.407 e. The Morgan fingerprint density at radius 1 is 1.03 bits per heavy atom. The van der Waals surface area contributed by atoms with Gasteiger partial charge in [0.15, 0.2) is 0 Å². The molecule has 0 aromatic heterocycles. The average Bonchev–Trinajstić information content (AvgIpc) is 2.93. The predicted molar refractivity (Wildman–Crippen MR) is 149 cm³/mol. The molecule has 0 saturated carbocycles. The minimum absolute atomic E-state index is 0.0123. The van der Waals surface area contributed by atoms with Gasteiger partial charge in [-0.3, -0.25) is 19.7 Å². The standard InChI is InChI=1S/C27H27N5O6S/c1-2-38-27(35)30-22(20-9-5-3-6-10-20)16-25(33)31-28-17-19-13-14-24(23(15-19)32(36)37)39-18-26(34)29-21-11-7-4-8-12-21/h3-15,17,22H,2,16,18H2,1H3,(H,29,34)(H,30,35)(H,31,33)/b28-17-/t22-/m0/s1. The highest BCUT2D eigenvalue weighted by atomic mass is 32.2. The molecule has 12 heteroatoms. The van der Waals surface area contributed by atoms with Gasteiger partial charge in [0.25, 0.3) is 5.69 Å². The Morgan fingerprint density at radius 3 is 2.38 bits per heavy atom. The zero-order valence-electron chi connectivity index (χ0n) is 21.0. The van der Waals surface area contributed by atoms with Crippen molar-refractivity contribution in [3.63, 3.8) is 0 Å². The number of para-hydroxylation sites is 1. The summed E-state index contributed by atoms with van der Waals surface area (Å²) in [5, 5.41) is 20.9. The van der Waals surface area contributed by atoms with Crippen LogP contribution in [0.4, 0.5) is 16.2 Å². The number of thioether (sulfide) groups is 1. The Balaban J connectivity index is 1.59. The molecule has 0 aliphatic carbocycles. The number of rotatable bonds is 12. The van der Waals surface area contributed by atoms with Crippen LogP contribution in [0.15, 0.2) is 88.9 Å². The van der Waals surface area contributed by atoms with E-state index in [1.54, 1.807) is 61.5 Å². The fraction of sp³-hybridized carbons (Fsp3) is 0.185. The second-order valence-corrected chi connectivity index (χ2v) is 9.03. The van der Waals surface area contributed by atoms with Crippen molar-refractivity contribution in [2.75, 3.05) is 17.7 Å². The van der Waals surface area contributed by atoms with Crippen LogP contribution in [0.5, 0.6) is 0 Å². The van der Waals surface area contributed by atoms with Crippen LogP contribution in [-0.2, 0) is 14.3 Å². The van der Waals surface area contributed by atoms with E-state index in [-0.39, 0.29) is 30.4 Å². The number of carbonyl (C=O) groups excluding carboxylic acids is 3. The van der Waals surface area contributed by atoms with Crippen molar-refractivity contribution in [2.45, 2.75) is 24.3 Å². The van der Waals surface area contributed by atoms with Crippen molar-refractivity contribution >= 4 is 47.3 Å². The molecule has 39 heavy (non-hydrogen) atoms. The van der Waals surface area contributed by atoms with E-state index in [1.165, 1.54) is 18.3 Å². The van der Waals surface area contributed by atoms with Gasteiger partial charge in [-0.1, -0.05) is 54.6 Å². The summed E-state index contributed by atoms with van der Waals surface area (Å²) in [5.41, 5.74) is 3.91. The summed E-state index contributed by atoms with van der Waals surface area (Å²) >= 11 is 1.04. The second kappa shape index (κ2) is 14.9. The van der Waals surface area contributed by atoms with Gasteiger partial charge in [0.1, 0.15) is 0 Å². The maximum absolute atomic E-state index is 12.5. The number of nitro benzene ring substituents is 1. The number of nitrogens with one attached hydrogen (secondary N) is 3. The second-order valence-electron chi connectivity index (χ2n) is 8.01. The summed E-state index contributed by atoms with van der Waals surface area (Å²) in [4.78, 5) is 48.0. The van der Waals surface area contributed by atoms with Crippen molar-refractivity contribution in [3.8, 4) is 0 Å². The Bertz CT molecular complexity index is 1320. The van der Waals surface area contributed by atoms with Crippen LogP contribution >= 0.6 is 11.8 Å². The first-order valence-electron chi connectivity index (χ1n) is 11.9. The lowest BCUT2D eigenvalue weighted by molar-refractivity contribution is -0.387. The molecule has 3 amide bonds. The number of hydrazone groups is 1. The van der Waals surface area contributed by atoms with E-state index < -0.39 is 23.0 Å². The summed E-state index contributed by atoms with van der Waals surface area (Å²) in [7, 11) is 0. The highest BCUT2D eigenvalue weighted by Gasteiger charge is 2.19. The summed E-state index contributed by atoms with van der Waals surface area (Å²) in [5.74, 6) is -0.787. The minimum Gasteiger partial charge on any atom is -0.450 e. The lowest BCUT2D eigenvalue weighted by Crippen LogP contribution is -2.33. The third-order valence-electron chi connectivity index (χ3n) is 5.16. The van der Waals surface area contributed by atoms with E-state index >= 15 is 0 Å². The van der Waals surface area contributed by atoms with E-state index in [9.17, 15) is 24.5 Å². The molecule has 3 aromatic rings. The SMILES string of the molecule is CCOC(=O)N[C@@H](CC(=O)N/N=C\c1ccc(SCC(=O)Nc2ccccc2)c([N+](=O)[O-])c1)c1ccccc1. The molecule has 202 valence electrons. The number of hydrogen-bond acceptors (Lipinski definition) is 8. The van der Waals surface area contributed by atoms with Gasteiger partial charge in [-0.05, 0) is 30.7 Å². The molecule has 0 aliphatic heterocycles. The Labute approximate surface area is 229 Å². The van der Waals surface area contributed by atoms with E-state index in [1.807, 2.05) is 12.1 Å². The van der Waals surface area contributed by atoms with Gasteiger partial charge >= 0.3 is 6.09 Å². The van der Waals surface area contributed by atoms with Crippen LogP contribution in [0, 0.1) is 10.1 Å². The molecule has 0 heterocycles. The molecular formula is C27H27N5O6S. The first-order chi connectivity index (χ1) is 18.9. The number of amides is 3. The van der Waals surface area contributed by atoms with E-state index in [2.05, 4.69) is 21.2 Å². The first-order valence-corrected chi connectivity index (χ1v) is 12.9.